The van der Waals surface area contributed by atoms with Crippen LogP contribution in [0.1, 0.15) is 32.1 Å². The Morgan fingerprint density at radius 3 is 2.56 bits per heavy atom. The molecular weight excluding hydrogens is 252 g/mol. The van der Waals surface area contributed by atoms with Crippen LogP contribution in [0.4, 0.5) is 0 Å². The Labute approximate surface area is 114 Å². The third-order valence-corrected chi connectivity index (χ3v) is 2.95. The first-order valence-corrected chi connectivity index (χ1v) is 6.91. The molecular formula is C12H24N2O3S. The minimum atomic E-state index is -0.255. The predicted octanol–water partition coefficient (Wildman–Crippen LogP) is 0.744. The summed E-state index contributed by atoms with van der Waals surface area (Å²) >= 11 is 4.05. The molecule has 1 atom stereocenters. The second-order valence-electron chi connectivity index (χ2n) is 4.04. The average Bonchev–Trinajstić information content (AvgIpc) is 2.39. The average molecular weight is 276 g/mol. The van der Waals surface area contributed by atoms with Crippen molar-refractivity contribution in [3.05, 3.63) is 0 Å². The number of amides is 1. The summed E-state index contributed by atoms with van der Waals surface area (Å²) < 4.78 is 4.66. The maximum absolute atomic E-state index is 11.3. The number of carbonyl (C=O) groups is 2. The zero-order valence-electron chi connectivity index (χ0n) is 11.2. The molecule has 5 nitrogen and oxygen atoms in total. The van der Waals surface area contributed by atoms with Crippen LogP contribution in [0, 0.1) is 0 Å². The largest absolute Gasteiger partial charge is 0.468 e. The van der Waals surface area contributed by atoms with E-state index in [2.05, 4.69) is 28.0 Å². The van der Waals surface area contributed by atoms with Crippen molar-refractivity contribution in [1.29, 1.82) is 0 Å². The van der Waals surface area contributed by atoms with Crippen molar-refractivity contribution in [3.8, 4) is 0 Å². The number of methoxy groups -OCH3 is 1. The van der Waals surface area contributed by atoms with Gasteiger partial charge in [-0.15, -0.1) is 0 Å². The maximum atomic E-state index is 11.3. The van der Waals surface area contributed by atoms with Gasteiger partial charge in [-0.1, -0.05) is 0 Å². The molecule has 0 unspecified atom stereocenters. The monoisotopic (exact) mass is 276 g/mol. The predicted molar refractivity (Wildman–Crippen MR) is 74.8 cm³/mol. The summed E-state index contributed by atoms with van der Waals surface area (Å²) in [4.78, 5) is 22.5. The lowest BCUT2D eigenvalue weighted by molar-refractivity contribution is -0.143. The summed E-state index contributed by atoms with van der Waals surface area (Å²) in [5.74, 6) is 0.564. The molecule has 0 heterocycles. The van der Waals surface area contributed by atoms with E-state index in [4.69, 9.17) is 0 Å². The summed E-state index contributed by atoms with van der Waals surface area (Å²) in [6.45, 7) is 0.656. The Hall–Kier alpha value is -0.750. The SMILES string of the molecule is CN[C@@H](CCCCNC(=O)CCCS)C(=O)OC. The fourth-order valence-electron chi connectivity index (χ4n) is 1.55. The Morgan fingerprint density at radius 2 is 2.00 bits per heavy atom. The number of unbranched alkanes of at least 4 members (excludes halogenated alkanes) is 1. The van der Waals surface area contributed by atoms with Crippen LogP contribution >= 0.6 is 12.6 Å². The topological polar surface area (TPSA) is 67.4 Å². The summed E-state index contributed by atoms with van der Waals surface area (Å²) in [5, 5.41) is 5.75. The standard InChI is InChI=1S/C12H24N2O3S/c1-13-10(12(16)17-2)6-3-4-8-14-11(15)7-5-9-18/h10,13,18H,3-9H2,1-2H3,(H,14,15)/t10-/m0/s1. The van der Waals surface area contributed by atoms with E-state index < -0.39 is 0 Å². The van der Waals surface area contributed by atoms with Gasteiger partial charge in [0.2, 0.25) is 5.91 Å². The first-order chi connectivity index (χ1) is 8.65. The van der Waals surface area contributed by atoms with Gasteiger partial charge in [0.1, 0.15) is 6.04 Å². The lowest BCUT2D eigenvalue weighted by Crippen LogP contribution is -2.35. The fourth-order valence-corrected chi connectivity index (χ4v) is 1.71. The molecule has 0 fully saturated rings. The number of likely N-dealkylation sites (N-methyl/N-ethyl adjacent to an activating group) is 1. The van der Waals surface area contributed by atoms with Crippen LogP contribution in [0.2, 0.25) is 0 Å². The highest BCUT2D eigenvalue weighted by atomic mass is 32.1. The molecule has 0 bridgehead atoms. The molecule has 18 heavy (non-hydrogen) atoms. The van der Waals surface area contributed by atoms with E-state index in [-0.39, 0.29) is 17.9 Å². The van der Waals surface area contributed by atoms with Crippen LogP contribution in [0.25, 0.3) is 0 Å². The first kappa shape index (κ1) is 17.2. The normalized spacial score (nSPS) is 11.9. The van der Waals surface area contributed by atoms with E-state index in [1.54, 1.807) is 7.05 Å². The molecule has 106 valence electrons. The molecule has 0 saturated heterocycles. The molecule has 0 aliphatic rings. The van der Waals surface area contributed by atoms with Gasteiger partial charge in [0.05, 0.1) is 7.11 Å². The number of thiol groups is 1. The van der Waals surface area contributed by atoms with Crippen molar-refractivity contribution in [2.24, 2.45) is 0 Å². The van der Waals surface area contributed by atoms with E-state index in [9.17, 15) is 9.59 Å². The molecule has 0 saturated carbocycles. The van der Waals surface area contributed by atoms with Gasteiger partial charge in [0, 0.05) is 13.0 Å². The summed E-state index contributed by atoms with van der Waals surface area (Å²) in [5.41, 5.74) is 0. The molecule has 1 amide bonds. The van der Waals surface area contributed by atoms with Gasteiger partial charge in [-0.05, 0) is 38.5 Å². The van der Waals surface area contributed by atoms with E-state index in [1.165, 1.54) is 7.11 Å². The Balaban J connectivity index is 3.54. The van der Waals surface area contributed by atoms with Gasteiger partial charge in [-0.25, -0.2) is 0 Å². The van der Waals surface area contributed by atoms with E-state index in [1.807, 2.05) is 0 Å². The summed E-state index contributed by atoms with van der Waals surface area (Å²) in [6.07, 6.45) is 3.79. The molecule has 2 N–H and O–H groups in total. The van der Waals surface area contributed by atoms with Gasteiger partial charge in [-0.2, -0.15) is 12.6 Å². The van der Waals surface area contributed by atoms with Crippen molar-refractivity contribution in [1.82, 2.24) is 10.6 Å². The Bertz CT molecular complexity index is 249. The molecule has 0 aliphatic carbocycles. The highest BCUT2D eigenvalue weighted by molar-refractivity contribution is 7.80. The second-order valence-corrected chi connectivity index (χ2v) is 4.48. The molecule has 0 rings (SSSR count). The van der Waals surface area contributed by atoms with Gasteiger partial charge < -0.3 is 15.4 Å². The molecule has 0 aromatic rings. The number of carbonyl (C=O) groups excluding carboxylic acids is 2. The molecule has 0 aromatic heterocycles. The third-order valence-electron chi connectivity index (χ3n) is 2.64. The molecule has 0 spiro atoms. The van der Waals surface area contributed by atoms with Gasteiger partial charge in [0.25, 0.3) is 0 Å². The third kappa shape index (κ3) is 8.36. The lowest BCUT2D eigenvalue weighted by Gasteiger charge is -2.13. The minimum Gasteiger partial charge on any atom is -0.468 e. The van der Waals surface area contributed by atoms with Crippen molar-refractivity contribution >= 4 is 24.5 Å². The van der Waals surface area contributed by atoms with Crippen LogP contribution in [-0.4, -0.2) is 44.4 Å². The highest BCUT2D eigenvalue weighted by Crippen LogP contribution is 2.02. The number of rotatable bonds is 10. The number of ether oxygens (including phenoxy) is 1. The van der Waals surface area contributed by atoms with Gasteiger partial charge in [-0.3, -0.25) is 9.59 Å². The molecule has 0 aliphatic heterocycles. The van der Waals surface area contributed by atoms with Crippen molar-refractivity contribution in [2.45, 2.75) is 38.1 Å². The number of hydrogen-bond acceptors (Lipinski definition) is 5. The Morgan fingerprint density at radius 1 is 1.28 bits per heavy atom. The second kappa shape index (κ2) is 11.3. The number of nitrogens with one attached hydrogen (secondary N) is 2. The quantitative estimate of drug-likeness (QED) is 0.313. The molecule has 0 aromatic carbocycles. The number of hydrogen-bond donors (Lipinski definition) is 3. The highest BCUT2D eigenvalue weighted by Gasteiger charge is 2.15. The van der Waals surface area contributed by atoms with E-state index in [0.29, 0.717) is 13.0 Å². The minimum absolute atomic E-state index is 0.0715. The van der Waals surface area contributed by atoms with Crippen molar-refractivity contribution < 1.29 is 14.3 Å². The van der Waals surface area contributed by atoms with Crippen LogP contribution in [0.15, 0.2) is 0 Å². The lowest BCUT2D eigenvalue weighted by atomic mass is 10.1. The fraction of sp³-hybridized carbons (Fsp3) is 0.833. The molecule has 6 heteroatoms. The van der Waals surface area contributed by atoms with E-state index in [0.717, 1.165) is 31.4 Å². The maximum Gasteiger partial charge on any atom is 0.322 e. The molecule has 0 radical (unpaired) electrons. The van der Waals surface area contributed by atoms with Gasteiger partial charge in [0.15, 0.2) is 0 Å². The van der Waals surface area contributed by atoms with Crippen LogP contribution in [0.5, 0.6) is 0 Å². The summed E-state index contributed by atoms with van der Waals surface area (Å²) in [6, 6.07) is -0.255. The summed E-state index contributed by atoms with van der Waals surface area (Å²) in [7, 11) is 3.12. The Kier molecular flexibility index (Phi) is 10.9. The van der Waals surface area contributed by atoms with Crippen molar-refractivity contribution in [2.75, 3.05) is 26.5 Å². The first-order valence-electron chi connectivity index (χ1n) is 6.28. The van der Waals surface area contributed by atoms with Crippen LogP contribution < -0.4 is 10.6 Å². The van der Waals surface area contributed by atoms with E-state index >= 15 is 0 Å². The van der Waals surface area contributed by atoms with Crippen LogP contribution in [0.3, 0.4) is 0 Å². The van der Waals surface area contributed by atoms with Gasteiger partial charge >= 0.3 is 5.97 Å². The van der Waals surface area contributed by atoms with Crippen molar-refractivity contribution in [3.63, 3.8) is 0 Å². The van der Waals surface area contributed by atoms with Crippen LogP contribution in [-0.2, 0) is 14.3 Å². The number of esters is 1. The zero-order chi connectivity index (χ0) is 13.8. The zero-order valence-corrected chi connectivity index (χ0v) is 12.1. The smallest absolute Gasteiger partial charge is 0.322 e.